The molecule has 0 saturated heterocycles. The van der Waals surface area contributed by atoms with Gasteiger partial charge in [0, 0.05) is 15.4 Å². The van der Waals surface area contributed by atoms with Gasteiger partial charge in [-0.1, -0.05) is 26.3 Å². The van der Waals surface area contributed by atoms with Crippen LogP contribution in [0.3, 0.4) is 0 Å². The highest BCUT2D eigenvalue weighted by Gasteiger charge is 2.07. The Hall–Kier alpha value is 0.01000. The van der Waals surface area contributed by atoms with Gasteiger partial charge in [-0.3, -0.25) is 0 Å². The first kappa shape index (κ1) is 15.1. The van der Waals surface area contributed by atoms with Crippen LogP contribution in [0.25, 0.3) is 0 Å². The van der Waals surface area contributed by atoms with Crippen molar-refractivity contribution in [1.82, 2.24) is 5.32 Å². The van der Waals surface area contributed by atoms with Gasteiger partial charge in [0.1, 0.15) is 0 Å². The topological polar surface area (TPSA) is 12.0 Å². The monoisotopic (exact) mass is 315 g/mol. The summed E-state index contributed by atoms with van der Waals surface area (Å²) in [6, 6.07) is 7.12. The Morgan fingerprint density at radius 3 is 2.71 bits per heavy atom. The van der Waals surface area contributed by atoms with Crippen LogP contribution in [0.15, 0.2) is 27.6 Å². The number of hydrogen-bond acceptors (Lipinski definition) is 2. The third kappa shape index (κ3) is 5.02. The van der Waals surface area contributed by atoms with E-state index in [0.717, 1.165) is 6.54 Å². The zero-order chi connectivity index (χ0) is 12.7. The van der Waals surface area contributed by atoms with Gasteiger partial charge in [-0.2, -0.15) is 0 Å². The van der Waals surface area contributed by atoms with Crippen LogP contribution >= 0.6 is 27.7 Å². The lowest BCUT2D eigenvalue weighted by Crippen LogP contribution is -2.17. The van der Waals surface area contributed by atoms with Crippen LogP contribution < -0.4 is 5.32 Å². The molecule has 0 aliphatic carbocycles. The van der Waals surface area contributed by atoms with Crippen molar-refractivity contribution < 1.29 is 0 Å². The molecule has 96 valence electrons. The maximum atomic E-state index is 3.67. The number of hydrogen-bond donors (Lipinski definition) is 1. The van der Waals surface area contributed by atoms with Gasteiger partial charge in [-0.05, 0) is 59.3 Å². The fourth-order valence-corrected chi connectivity index (χ4v) is 3.41. The van der Waals surface area contributed by atoms with E-state index in [0.29, 0.717) is 6.04 Å². The van der Waals surface area contributed by atoms with Crippen molar-refractivity contribution >= 4 is 27.7 Å². The molecule has 1 N–H and O–H groups in total. The minimum Gasteiger partial charge on any atom is -0.310 e. The predicted molar refractivity (Wildman–Crippen MR) is 81.9 cm³/mol. The average Bonchev–Trinajstić information content (AvgIpc) is 2.31. The summed E-state index contributed by atoms with van der Waals surface area (Å²) in [5, 5.41) is 3.43. The summed E-state index contributed by atoms with van der Waals surface area (Å²) in [5.74, 6) is 1.21. The molecule has 1 atom stereocenters. The molecule has 0 bridgehead atoms. The van der Waals surface area contributed by atoms with E-state index >= 15 is 0 Å². The van der Waals surface area contributed by atoms with Gasteiger partial charge < -0.3 is 5.32 Å². The highest BCUT2D eigenvalue weighted by Crippen LogP contribution is 2.30. The van der Waals surface area contributed by atoms with Crippen molar-refractivity contribution in [2.45, 2.75) is 44.6 Å². The molecule has 0 aromatic heterocycles. The first-order valence-corrected chi connectivity index (χ1v) is 8.12. The molecule has 1 aromatic rings. The van der Waals surface area contributed by atoms with Crippen LogP contribution in [0.1, 0.15) is 45.2 Å². The van der Waals surface area contributed by atoms with Gasteiger partial charge in [0.2, 0.25) is 0 Å². The second-order valence-electron chi connectivity index (χ2n) is 4.17. The fourth-order valence-electron chi connectivity index (χ4n) is 1.65. The normalized spacial score (nSPS) is 12.7. The maximum Gasteiger partial charge on any atom is 0.0314 e. The molecule has 0 heterocycles. The van der Waals surface area contributed by atoms with Crippen molar-refractivity contribution in [1.29, 1.82) is 0 Å². The molecule has 1 aromatic carbocycles. The van der Waals surface area contributed by atoms with Crippen LogP contribution in [0.5, 0.6) is 0 Å². The minimum atomic E-state index is 0.422. The Morgan fingerprint density at radius 1 is 1.35 bits per heavy atom. The van der Waals surface area contributed by atoms with E-state index in [9.17, 15) is 0 Å². The first-order valence-electron chi connectivity index (χ1n) is 6.34. The van der Waals surface area contributed by atoms with Crippen LogP contribution in [0.2, 0.25) is 0 Å². The van der Waals surface area contributed by atoms with Crippen LogP contribution in [0.4, 0.5) is 0 Å². The molecule has 1 unspecified atom stereocenters. The van der Waals surface area contributed by atoms with Crippen molar-refractivity contribution in [3.63, 3.8) is 0 Å². The van der Waals surface area contributed by atoms with E-state index in [2.05, 4.69) is 60.2 Å². The molecule has 0 aliphatic heterocycles. The number of unbranched alkanes of at least 4 members (excludes halogenated alkanes) is 1. The standard InChI is InChI=1S/C14H22BrNS/c1-4-6-9-17-14-8-7-12(10-13(14)15)11(3)16-5-2/h7-8,10-11,16H,4-6,9H2,1-3H3. The quantitative estimate of drug-likeness (QED) is 0.560. The second kappa shape index (κ2) is 8.17. The van der Waals surface area contributed by atoms with E-state index < -0.39 is 0 Å². The zero-order valence-corrected chi connectivity index (χ0v) is 13.3. The third-order valence-corrected chi connectivity index (χ3v) is 4.80. The second-order valence-corrected chi connectivity index (χ2v) is 6.16. The van der Waals surface area contributed by atoms with E-state index in [-0.39, 0.29) is 0 Å². The van der Waals surface area contributed by atoms with E-state index in [1.807, 2.05) is 11.8 Å². The largest absolute Gasteiger partial charge is 0.310 e. The van der Waals surface area contributed by atoms with E-state index in [4.69, 9.17) is 0 Å². The molecule has 0 aliphatic rings. The lowest BCUT2D eigenvalue weighted by molar-refractivity contribution is 0.597. The van der Waals surface area contributed by atoms with Crippen molar-refractivity contribution in [2.24, 2.45) is 0 Å². The highest BCUT2D eigenvalue weighted by molar-refractivity contribution is 9.10. The molecule has 3 heteroatoms. The van der Waals surface area contributed by atoms with Gasteiger partial charge in [0.05, 0.1) is 0 Å². The summed E-state index contributed by atoms with van der Waals surface area (Å²) in [4.78, 5) is 1.35. The molecule has 0 radical (unpaired) electrons. The van der Waals surface area contributed by atoms with Gasteiger partial charge in [0.15, 0.2) is 0 Å². The number of thioether (sulfide) groups is 1. The summed E-state index contributed by atoms with van der Waals surface area (Å²) < 4.78 is 1.22. The van der Waals surface area contributed by atoms with Crippen LogP contribution in [-0.4, -0.2) is 12.3 Å². The molecule has 0 amide bonds. The molecule has 17 heavy (non-hydrogen) atoms. The Bertz CT molecular complexity index is 341. The molecule has 0 saturated carbocycles. The molecule has 1 nitrogen and oxygen atoms in total. The van der Waals surface area contributed by atoms with Crippen LogP contribution in [-0.2, 0) is 0 Å². The SMILES string of the molecule is CCCCSc1ccc(C(C)NCC)cc1Br. The Labute approximate surface area is 118 Å². The number of halogens is 1. The summed E-state index contributed by atoms with van der Waals surface area (Å²) in [6.07, 6.45) is 2.55. The van der Waals surface area contributed by atoms with Gasteiger partial charge in [0.25, 0.3) is 0 Å². The minimum absolute atomic E-state index is 0.422. The summed E-state index contributed by atoms with van der Waals surface area (Å²) in [5.41, 5.74) is 1.35. The smallest absolute Gasteiger partial charge is 0.0314 e. The highest BCUT2D eigenvalue weighted by atomic mass is 79.9. The maximum absolute atomic E-state index is 3.67. The van der Waals surface area contributed by atoms with Crippen molar-refractivity contribution in [3.05, 3.63) is 28.2 Å². The van der Waals surface area contributed by atoms with Crippen molar-refractivity contribution in [3.8, 4) is 0 Å². The zero-order valence-electron chi connectivity index (χ0n) is 10.9. The molecule has 0 spiro atoms. The van der Waals surface area contributed by atoms with Gasteiger partial charge >= 0.3 is 0 Å². The number of rotatable bonds is 7. The van der Waals surface area contributed by atoms with Crippen LogP contribution in [0, 0.1) is 0 Å². The molecular weight excluding hydrogens is 294 g/mol. The molecule has 1 rings (SSSR count). The average molecular weight is 316 g/mol. The fraction of sp³-hybridized carbons (Fsp3) is 0.571. The third-order valence-electron chi connectivity index (χ3n) is 2.72. The lowest BCUT2D eigenvalue weighted by atomic mass is 10.1. The molecular formula is C14H22BrNS. The van der Waals surface area contributed by atoms with Gasteiger partial charge in [-0.15, -0.1) is 11.8 Å². The van der Waals surface area contributed by atoms with Gasteiger partial charge in [-0.25, -0.2) is 0 Å². The summed E-state index contributed by atoms with van der Waals surface area (Å²) >= 11 is 5.61. The number of benzene rings is 1. The predicted octanol–water partition coefficient (Wildman–Crippen LogP) is 5.01. The summed E-state index contributed by atoms with van der Waals surface area (Å²) in [7, 11) is 0. The Kier molecular flexibility index (Phi) is 7.24. The Morgan fingerprint density at radius 2 is 2.12 bits per heavy atom. The van der Waals surface area contributed by atoms with E-state index in [1.165, 1.54) is 33.5 Å². The number of nitrogens with one attached hydrogen (secondary N) is 1. The van der Waals surface area contributed by atoms with Crippen molar-refractivity contribution in [2.75, 3.05) is 12.3 Å². The Balaban J connectivity index is 2.65. The summed E-state index contributed by atoms with van der Waals surface area (Å²) in [6.45, 7) is 7.58. The molecule has 0 fully saturated rings. The lowest BCUT2D eigenvalue weighted by Gasteiger charge is -2.14. The first-order chi connectivity index (χ1) is 8.19. The van der Waals surface area contributed by atoms with E-state index in [1.54, 1.807) is 0 Å².